The maximum absolute atomic E-state index is 10.8. The molecule has 1 rings (SSSR count). The first kappa shape index (κ1) is 9.73. The Hall–Kier alpha value is -0.360. The minimum absolute atomic E-state index is 0.466. The van der Waals surface area contributed by atoms with Crippen LogP contribution in [0.25, 0.3) is 0 Å². The topological polar surface area (TPSA) is 80.4 Å². The minimum atomic E-state index is -0.924. The number of nitrogens with two attached hydrogens (primary N) is 1. The van der Waals surface area contributed by atoms with Crippen LogP contribution in [0.15, 0.2) is 0 Å². The molecule has 3 N–H and O–H groups in total. The molecule has 1 aliphatic heterocycles. The Bertz CT molecular complexity index is 187. The highest BCUT2D eigenvalue weighted by Gasteiger charge is 2.35. The number of hydrogen-bond acceptors (Lipinski definition) is 4. The number of carboxylic acids is 1. The summed E-state index contributed by atoms with van der Waals surface area (Å²) in [7, 11) is 2.99. The van der Waals surface area contributed by atoms with E-state index in [1.54, 1.807) is 0 Å². The van der Waals surface area contributed by atoms with Crippen LogP contribution in [0.3, 0.4) is 0 Å². The molecule has 1 amide bonds. The maximum atomic E-state index is 10.8. The summed E-state index contributed by atoms with van der Waals surface area (Å²) in [6.45, 7) is 0. The predicted octanol–water partition coefficient (Wildman–Crippen LogP) is 0.184. The van der Waals surface area contributed by atoms with Crippen LogP contribution >= 0.6 is 21.6 Å². The highest BCUT2D eigenvalue weighted by atomic mass is 33.1. The van der Waals surface area contributed by atoms with Gasteiger partial charge in [-0.3, -0.25) is 9.59 Å². The number of primary amides is 1. The molecule has 4 nitrogen and oxygen atoms in total. The van der Waals surface area contributed by atoms with Crippen molar-refractivity contribution >= 4 is 33.5 Å². The van der Waals surface area contributed by atoms with Crippen LogP contribution < -0.4 is 5.73 Å². The lowest BCUT2D eigenvalue weighted by molar-refractivity contribution is -0.145. The average molecular weight is 207 g/mol. The zero-order chi connectivity index (χ0) is 9.14. The van der Waals surface area contributed by atoms with E-state index in [2.05, 4.69) is 0 Å². The van der Waals surface area contributed by atoms with Gasteiger partial charge in [0.15, 0.2) is 0 Å². The molecule has 6 heteroatoms. The van der Waals surface area contributed by atoms with Crippen molar-refractivity contribution in [3.05, 3.63) is 0 Å². The summed E-state index contributed by atoms with van der Waals surface area (Å²) in [5, 5.41) is 8.73. The van der Waals surface area contributed by atoms with Crippen molar-refractivity contribution in [3.8, 4) is 0 Å². The smallest absolute Gasteiger partial charge is 0.308 e. The van der Waals surface area contributed by atoms with Gasteiger partial charge < -0.3 is 10.8 Å². The van der Waals surface area contributed by atoms with Crippen LogP contribution in [-0.4, -0.2) is 28.5 Å². The van der Waals surface area contributed by atoms with Gasteiger partial charge in [-0.15, -0.1) is 0 Å². The van der Waals surface area contributed by atoms with Crippen LogP contribution in [0, 0.1) is 11.8 Å². The van der Waals surface area contributed by atoms with E-state index in [0.717, 1.165) is 0 Å². The zero-order valence-electron chi connectivity index (χ0n) is 6.23. The molecule has 0 bridgehead atoms. The fraction of sp³-hybridized carbons (Fsp3) is 0.667. The number of carboxylic acid groups (broad SMARTS) is 1. The molecule has 0 radical (unpaired) electrons. The largest absolute Gasteiger partial charge is 0.481 e. The molecule has 12 heavy (non-hydrogen) atoms. The average Bonchev–Trinajstić information content (AvgIpc) is 2.04. The van der Waals surface area contributed by atoms with Gasteiger partial charge in [0.25, 0.3) is 0 Å². The fourth-order valence-electron chi connectivity index (χ4n) is 0.999. The van der Waals surface area contributed by atoms with Gasteiger partial charge in [-0.2, -0.15) is 0 Å². The van der Waals surface area contributed by atoms with Crippen LogP contribution in [0.2, 0.25) is 0 Å². The van der Waals surface area contributed by atoms with Crippen molar-refractivity contribution in [1.29, 1.82) is 0 Å². The molecule has 1 heterocycles. The number of carbonyl (C=O) groups is 2. The third kappa shape index (κ3) is 2.07. The molecule has 0 aromatic heterocycles. The van der Waals surface area contributed by atoms with Gasteiger partial charge >= 0.3 is 5.97 Å². The summed E-state index contributed by atoms with van der Waals surface area (Å²) in [4.78, 5) is 21.4. The van der Waals surface area contributed by atoms with Gasteiger partial charge in [0.2, 0.25) is 5.91 Å². The maximum Gasteiger partial charge on any atom is 0.308 e. The van der Waals surface area contributed by atoms with Crippen molar-refractivity contribution in [2.24, 2.45) is 17.6 Å². The highest BCUT2D eigenvalue weighted by Crippen LogP contribution is 2.36. The van der Waals surface area contributed by atoms with Gasteiger partial charge in [-0.05, 0) is 0 Å². The number of amides is 1. The molecule has 0 aromatic carbocycles. The molecular weight excluding hydrogens is 198 g/mol. The quantitative estimate of drug-likeness (QED) is 0.631. The lowest BCUT2D eigenvalue weighted by atomic mass is 9.95. The molecular formula is C6H9NO3S2. The Labute approximate surface area is 77.7 Å². The minimum Gasteiger partial charge on any atom is -0.481 e. The van der Waals surface area contributed by atoms with E-state index in [1.165, 1.54) is 21.6 Å². The number of rotatable bonds is 2. The second kappa shape index (κ2) is 4.04. The Kier molecular flexibility index (Phi) is 3.28. The summed E-state index contributed by atoms with van der Waals surface area (Å²) in [6, 6.07) is 0. The Morgan fingerprint density at radius 1 is 1.25 bits per heavy atom. The van der Waals surface area contributed by atoms with Gasteiger partial charge in [-0.1, -0.05) is 21.6 Å². The van der Waals surface area contributed by atoms with Crippen molar-refractivity contribution in [3.63, 3.8) is 0 Å². The molecule has 68 valence electrons. The number of aliphatic carboxylic acids is 1. The zero-order valence-corrected chi connectivity index (χ0v) is 7.86. The molecule has 2 unspecified atom stereocenters. The van der Waals surface area contributed by atoms with E-state index in [9.17, 15) is 9.59 Å². The van der Waals surface area contributed by atoms with Crippen LogP contribution in [0.5, 0.6) is 0 Å². The van der Waals surface area contributed by atoms with E-state index < -0.39 is 23.7 Å². The lowest BCUT2D eigenvalue weighted by Gasteiger charge is -2.24. The molecule has 0 aliphatic carbocycles. The Morgan fingerprint density at radius 2 is 1.75 bits per heavy atom. The molecule has 0 saturated carbocycles. The van der Waals surface area contributed by atoms with E-state index in [0.29, 0.717) is 11.5 Å². The normalized spacial score (nSPS) is 29.7. The first-order chi connectivity index (χ1) is 5.63. The van der Waals surface area contributed by atoms with Crippen molar-refractivity contribution in [2.75, 3.05) is 11.5 Å². The SMILES string of the molecule is NC(=O)C1CSSCC1C(=O)O. The van der Waals surface area contributed by atoms with Gasteiger partial charge in [0, 0.05) is 11.5 Å². The first-order valence-electron chi connectivity index (χ1n) is 3.39. The fourth-order valence-corrected chi connectivity index (χ4v) is 3.71. The third-order valence-electron chi connectivity index (χ3n) is 1.75. The second-order valence-corrected chi connectivity index (χ2v) is 5.07. The van der Waals surface area contributed by atoms with Crippen LogP contribution in [-0.2, 0) is 9.59 Å². The summed E-state index contributed by atoms with van der Waals surface area (Å²) in [5.41, 5.74) is 5.07. The van der Waals surface area contributed by atoms with E-state index in [-0.39, 0.29) is 0 Å². The summed E-state index contributed by atoms with van der Waals surface area (Å²) < 4.78 is 0. The molecule has 1 saturated heterocycles. The van der Waals surface area contributed by atoms with Gasteiger partial charge in [0.1, 0.15) is 0 Å². The predicted molar refractivity (Wildman–Crippen MR) is 48.7 cm³/mol. The standard InChI is InChI=1S/C6H9NO3S2/c7-5(8)3-1-11-12-2-4(3)6(9)10/h3-4H,1-2H2,(H2,7,8)(H,9,10). The molecule has 1 fully saturated rings. The highest BCUT2D eigenvalue weighted by molar-refractivity contribution is 8.76. The van der Waals surface area contributed by atoms with Gasteiger partial charge in [0.05, 0.1) is 11.8 Å². The second-order valence-electron chi connectivity index (χ2n) is 2.52. The number of carbonyl (C=O) groups excluding carboxylic acids is 1. The molecule has 1 aliphatic rings. The van der Waals surface area contributed by atoms with Crippen molar-refractivity contribution < 1.29 is 14.7 Å². The summed E-state index contributed by atoms with van der Waals surface area (Å²) >= 11 is 0. The van der Waals surface area contributed by atoms with Crippen LogP contribution in [0.4, 0.5) is 0 Å². The summed E-state index contributed by atoms with van der Waals surface area (Å²) in [6.07, 6.45) is 0. The van der Waals surface area contributed by atoms with Gasteiger partial charge in [-0.25, -0.2) is 0 Å². The third-order valence-corrected chi connectivity index (χ3v) is 4.22. The lowest BCUT2D eigenvalue weighted by Crippen LogP contribution is -2.38. The first-order valence-corrected chi connectivity index (χ1v) is 5.88. The van der Waals surface area contributed by atoms with Crippen molar-refractivity contribution in [1.82, 2.24) is 0 Å². The van der Waals surface area contributed by atoms with E-state index in [4.69, 9.17) is 10.8 Å². The number of hydrogen-bond donors (Lipinski definition) is 2. The summed E-state index contributed by atoms with van der Waals surface area (Å²) in [5.74, 6) is -1.56. The molecule has 0 spiro atoms. The van der Waals surface area contributed by atoms with E-state index in [1.807, 2.05) is 0 Å². The van der Waals surface area contributed by atoms with Crippen molar-refractivity contribution in [2.45, 2.75) is 0 Å². The molecule has 0 aromatic rings. The Balaban J connectivity index is 2.67. The monoisotopic (exact) mass is 207 g/mol. The Morgan fingerprint density at radius 3 is 2.08 bits per heavy atom. The van der Waals surface area contributed by atoms with Crippen LogP contribution in [0.1, 0.15) is 0 Å². The molecule has 2 atom stereocenters. The van der Waals surface area contributed by atoms with E-state index >= 15 is 0 Å².